The Morgan fingerprint density at radius 2 is 1.93 bits per heavy atom. The summed E-state index contributed by atoms with van der Waals surface area (Å²) in [6.45, 7) is 4.51. The summed E-state index contributed by atoms with van der Waals surface area (Å²) >= 11 is 2.78. The second kappa shape index (κ2) is 16.2. The molecule has 0 spiro atoms. The Morgan fingerprint density at radius 1 is 1.11 bits per heavy atom. The minimum Gasteiger partial charge on any atom is -0.506 e. The van der Waals surface area contributed by atoms with Crippen molar-refractivity contribution in [1.29, 1.82) is 0 Å². The fourth-order valence-corrected chi connectivity index (χ4v) is 10.4. The molecule has 0 amide bonds. The number of thiophene rings is 2. The van der Waals surface area contributed by atoms with Crippen LogP contribution in [0.3, 0.4) is 0 Å². The number of aromatic hydroxyl groups is 1. The van der Waals surface area contributed by atoms with Crippen molar-refractivity contribution in [2.45, 2.75) is 95.2 Å². The van der Waals surface area contributed by atoms with Gasteiger partial charge in [-0.2, -0.15) is 0 Å². The smallest absolute Gasteiger partial charge is 0.349 e. The molecular weight excluding hydrogens is 749 g/mol. The molecule has 1 fully saturated rings. The molecule has 5 N–H and O–H groups in total. The number of fused-ring (bicyclic) bond motifs is 4. The predicted octanol–water partition coefficient (Wildman–Crippen LogP) is 5.83. The molecule has 2 aromatic carbocycles. The van der Waals surface area contributed by atoms with Crippen molar-refractivity contribution in [1.82, 2.24) is 30.2 Å². The third-order valence-corrected chi connectivity index (χ3v) is 13.7. The first-order chi connectivity index (χ1) is 27.1. The lowest BCUT2D eigenvalue weighted by atomic mass is 9.91. The van der Waals surface area contributed by atoms with Gasteiger partial charge in [-0.05, 0) is 136 Å². The van der Waals surface area contributed by atoms with Crippen LogP contribution in [-0.4, -0.2) is 78.4 Å². The highest BCUT2D eigenvalue weighted by molar-refractivity contribution is 7.13. The quantitative estimate of drug-likeness (QED) is 0.0847. The van der Waals surface area contributed by atoms with Gasteiger partial charge in [0.25, 0.3) is 0 Å². The molecule has 14 heteroatoms. The number of hydrogen-bond acceptors (Lipinski definition) is 12. The predicted molar refractivity (Wildman–Crippen MR) is 218 cm³/mol. The van der Waals surface area contributed by atoms with Crippen LogP contribution < -0.4 is 10.9 Å². The Hall–Kier alpha value is -4.44. The zero-order valence-electron chi connectivity index (χ0n) is 31.7. The van der Waals surface area contributed by atoms with Crippen molar-refractivity contribution in [2.24, 2.45) is 0 Å². The van der Waals surface area contributed by atoms with Crippen LogP contribution >= 0.6 is 22.7 Å². The van der Waals surface area contributed by atoms with Gasteiger partial charge in [-0.1, -0.05) is 17.3 Å². The lowest BCUT2D eigenvalue weighted by Gasteiger charge is -2.35. The normalized spacial score (nSPS) is 18.7. The van der Waals surface area contributed by atoms with Gasteiger partial charge in [-0.3, -0.25) is 4.79 Å². The summed E-state index contributed by atoms with van der Waals surface area (Å²) in [7, 11) is 2.17. The number of aromatic amines is 1. The summed E-state index contributed by atoms with van der Waals surface area (Å²) in [6.07, 6.45) is 6.29. The topological polar surface area (TPSA) is 166 Å². The van der Waals surface area contributed by atoms with Gasteiger partial charge >= 0.3 is 5.97 Å². The summed E-state index contributed by atoms with van der Waals surface area (Å²) in [5, 5.41) is 48.1. The van der Waals surface area contributed by atoms with Crippen molar-refractivity contribution in [3.8, 4) is 5.75 Å². The number of aliphatic hydroxyl groups excluding tert-OH is 1. The number of H-pyrrole nitrogens is 1. The van der Waals surface area contributed by atoms with Gasteiger partial charge in [-0.25, -0.2) is 9.48 Å². The van der Waals surface area contributed by atoms with Crippen LogP contribution in [0.25, 0.3) is 21.9 Å². The molecule has 2 atom stereocenters. The number of phenols is 1. The Bertz CT molecular complexity index is 2400. The van der Waals surface area contributed by atoms with Gasteiger partial charge in [-0.15, -0.1) is 27.8 Å². The van der Waals surface area contributed by atoms with Crippen molar-refractivity contribution >= 4 is 50.6 Å². The minimum absolute atomic E-state index is 0.0316. The van der Waals surface area contributed by atoms with Crippen LogP contribution in [0.15, 0.2) is 64.8 Å². The first kappa shape index (κ1) is 38.4. The zero-order chi connectivity index (χ0) is 39.0. The summed E-state index contributed by atoms with van der Waals surface area (Å²) in [5.41, 5.74) is 4.69. The van der Waals surface area contributed by atoms with Crippen molar-refractivity contribution in [3.63, 3.8) is 0 Å². The maximum atomic E-state index is 13.6. The third kappa shape index (κ3) is 7.53. The van der Waals surface area contributed by atoms with E-state index in [9.17, 15) is 24.9 Å². The number of esters is 1. The highest BCUT2D eigenvalue weighted by atomic mass is 32.1. The van der Waals surface area contributed by atoms with E-state index in [0.29, 0.717) is 45.4 Å². The molecule has 0 radical (unpaired) electrons. The van der Waals surface area contributed by atoms with E-state index in [-0.39, 0.29) is 17.4 Å². The number of phenolic OH excluding ortho intramolecular Hbond substituents is 1. The molecule has 0 aliphatic heterocycles. The molecular formula is C42H48N6O6S2. The average Bonchev–Trinajstić information content (AvgIpc) is 4.03. The lowest BCUT2D eigenvalue weighted by molar-refractivity contribution is -0.169. The highest BCUT2D eigenvalue weighted by Crippen LogP contribution is 2.39. The van der Waals surface area contributed by atoms with Crippen molar-refractivity contribution in [3.05, 3.63) is 107 Å². The first-order valence-electron chi connectivity index (χ1n) is 19.4. The second-order valence-corrected chi connectivity index (χ2v) is 17.5. The lowest BCUT2D eigenvalue weighted by Crippen LogP contribution is -2.42. The highest BCUT2D eigenvalue weighted by Gasteiger charge is 2.45. The van der Waals surface area contributed by atoms with Crippen LogP contribution in [0.1, 0.15) is 81.5 Å². The number of aliphatic hydroxyl groups is 2. The van der Waals surface area contributed by atoms with Crippen LogP contribution in [0, 0.1) is 6.92 Å². The second-order valence-electron chi connectivity index (χ2n) is 15.2. The first-order valence-corrected chi connectivity index (χ1v) is 21.1. The standard InChI is InChI=1S/C42H48N6O6S2/c1-25-9-17-37(56-25)42(53,36-8-4-21-55-36)41(52)54-28-12-10-27(11-13-28)47(2)19-5-20-48-40-32-7-3-6-29(32)26(22-33(40)45-46-48)23-43-24-35(50)30-14-16-34(49)39-31(30)15-18-38(51)44-39/h4,8-9,14-18,21-22,27-28,35,43,49-50,53H,3,5-7,10-13,19-20,23-24H2,1-2H3,(H,44,51)/t27?,28?,35-,42-/m0/s1. The van der Waals surface area contributed by atoms with E-state index in [2.05, 4.69) is 43.3 Å². The van der Waals surface area contributed by atoms with E-state index in [1.54, 1.807) is 18.2 Å². The molecule has 294 valence electrons. The molecule has 0 unspecified atom stereocenters. The van der Waals surface area contributed by atoms with Gasteiger partial charge in [0.05, 0.1) is 26.9 Å². The van der Waals surface area contributed by atoms with E-state index in [1.807, 2.05) is 30.5 Å². The number of benzene rings is 2. The molecule has 8 rings (SSSR count). The number of ether oxygens (including phenoxy) is 1. The fourth-order valence-electron chi connectivity index (χ4n) is 8.59. The number of nitrogens with one attached hydrogen (secondary N) is 2. The molecule has 2 aliphatic rings. The number of carbonyl (C=O) groups excluding carboxylic acids is 1. The maximum Gasteiger partial charge on any atom is 0.349 e. The maximum absolute atomic E-state index is 13.6. The monoisotopic (exact) mass is 796 g/mol. The van der Waals surface area contributed by atoms with Gasteiger partial charge in [0.1, 0.15) is 17.4 Å². The molecule has 4 heterocycles. The van der Waals surface area contributed by atoms with E-state index in [1.165, 1.54) is 51.5 Å². The number of aromatic nitrogens is 4. The minimum atomic E-state index is -1.79. The summed E-state index contributed by atoms with van der Waals surface area (Å²) < 4.78 is 8.08. The number of aryl methyl sites for hydroxylation is 3. The Morgan fingerprint density at radius 3 is 2.70 bits per heavy atom. The van der Waals surface area contributed by atoms with Crippen molar-refractivity contribution < 1.29 is 24.9 Å². The van der Waals surface area contributed by atoms with Crippen molar-refractivity contribution in [2.75, 3.05) is 20.1 Å². The molecule has 56 heavy (non-hydrogen) atoms. The van der Waals surface area contributed by atoms with Gasteiger partial charge in [0, 0.05) is 42.0 Å². The van der Waals surface area contributed by atoms with E-state index < -0.39 is 17.7 Å². The van der Waals surface area contributed by atoms with Crippen LogP contribution in [-0.2, 0) is 41.1 Å². The Kier molecular flexibility index (Phi) is 11.1. The number of carbonyl (C=O) groups is 1. The Labute approximate surface area is 332 Å². The van der Waals surface area contributed by atoms with E-state index in [0.717, 1.165) is 80.4 Å². The molecule has 1 saturated carbocycles. The van der Waals surface area contributed by atoms with E-state index in [4.69, 9.17) is 4.74 Å². The average molecular weight is 797 g/mol. The summed E-state index contributed by atoms with van der Waals surface area (Å²) in [6, 6.07) is 16.1. The SMILES string of the molecule is Cc1ccc([C@](O)(C(=O)OC2CCC(N(C)CCCn3nnc4cc(CNC[C@H](O)c5ccc(O)c6[nH]c(=O)ccc56)c5c(c43)CCC5)CC2)c2cccs2)s1. The third-order valence-electron chi connectivity index (χ3n) is 11.6. The number of nitrogens with zero attached hydrogens (tertiary/aromatic N) is 4. The van der Waals surface area contributed by atoms with Crippen LogP contribution in [0.2, 0.25) is 0 Å². The Balaban J connectivity index is 0.843. The van der Waals surface area contributed by atoms with Gasteiger partial charge in [0.15, 0.2) is 0 Å². The number of rotatable bonds is 14. The largest absolute Gasteiger partial charge is 0.506 e. The molecule has 2 aliphatic carbocycles. The van der Waals surface area contributed by atoms with Crippen LogP contribution in [0.4, 0.5) is 0 Å². The number of hydrogen-bond donors (Lipinski definition) is 5. The number of pyridine rings is 1. The molecule has 6 aromatic rings. The van der Waals surface area contributed by atoms with Gasteiger partial charge in [0.2, 0.25) is 11.2 Å². The molecule has 12 nitrogen and oxygen atoms in total. The van der Waals surface area contributed by atoms with Gasteiger partial charge < -0.3 is 35.3 Å². The summed E-state index contributed by atoms with van der Waals surface area (Å²) in [4.78, 5) is 32.6. The van der Waals surface area contributed by atoms with E-state index >= 15 is 0 Å². The molecule has 0 saturated heterocycles. The molecule has 4 aromatic heterocycles. The zero-order valence-corrected chi connectivity index (χ0v) is 33.3. The fraction of sp³-hybridized carbons (Fsp3) is 0.429. The van der Waals surface area contributed by atoms with Crippen LogP contribution in [0.5, 0.6) is 5.75 Å². The molecule has 0 bridgehead atoms. The summed E-state index contributed by atoms with van der Waals surface area (Å²) in [5.74, 6) is -0.622.